The average molecular weight is 546 g/mol. The Kier molecular flexibility index (Phi) is 7.46. The minimum absolute atomic E-state index is 0.00321. The largest absolute Gasteiger partial charge is 0.375 e. The first-order valence-corrected chi connectivity index (χ1v) is 13.0. The summed E-state index contributed by atoms with van der Waals surface area (Å²) < 4.78 is 7.09. The maximum Gasteiger partial charge on any atom is 0.250 e. The number of para-hydroxylation sites is 1. The number of amides is 1. The molecule has 1 amide bonds. The maximum atomic E-state index is 12.0. The van der Waals surface area contributed by atoms with Crippen LogP contribution < -0.4 is 15.5 Å². The normalized spacial score (nSPS) is 16.9. The van der Waals surface area contributed by atoms with Crippen LogP contribution in [-0.4, -0.2) is 34.3 Å². The zero-order valence-corrected chi connectivity index (χ0v) is 22.9. The number of halogens is 1. The molecule has 9 heteroatoms. The third kappa shape index (κ3) is 4.90. The van der Waals surface area contributed by atoms with E-state index in [0.717, 1.165) is 34.0 Å². The number of ether oxygens (including phenoxy) is 1. The van der Waals surface area contributed by atoms with E-state index < -0.39 is 0 Å². The van der Waals surface area contributed by atoms with Crippen LogP contribution >= 0.6 is 23.8 Å². The number of aromatic nitrogens is 2. The van der Waals surface area contributed by atoms with Gasteiger partial charge in [0.25, 0.3) is 0 Å². The molecule has 0 aliphatic carbocycles. The number of aryl methyl sites for hydroxylation is 1. The Labute approximate surface area is 232 Å². The summed E-state index contributed by atoms with van der Waals surface area (Å²) in [4.78, 5) is 18.7. The lowest BCUT2D eigenvalue weighted by atomic mass is 9.96. The number of methoxy groups -OCH3 is 1. The van der Waals surface area contributed by atoms with Gasteiger partial charge in [0.05, 0.1) is 28.5 Å². The first kappa shape index (κ1) is 25.9. The third-order valence-corrected chi connectivity index (χ3v) is 7.32. The molecule has 3 heterocycles. The van der Waals surface area contributed by atoms with Crippen molar-refractivity contribution < 1.29 is 9.53 Å². The number of anilines is 2. The number of hydrogen-bond donors (Lipinski definition) is 2. The Balaban J connectivity index is 1.59. The summed E-state index contributed by atoms with van der Waals surface area (Å²) in [6, 6.07) is 23.2. The number of nitrogens with one attached hydrogen (secondary N) is 2. The van der Waals surface area contributed by atoms with Gasteiger partial charge >= 0.3 is 0 Å². The number of thiocarbonyl (C=S) groups is 1. The van der Waals surface area contributed by atoms with Crippen LogP contribution in [0.2, 0.25) is 5.02 Å². The molecule has 0 unspecified atom stereocenters. The molecule has 2 aromatic carbocycles. The molecule has 0 spiro atoms. The minimum atomic E-state index is -0.210. The SMILES string of the molecule is COCC(=O)Nc1ccc(N2C(=S)N[C@@H](c3ccccn3)[C@@H]2c2cc(C)n(-c3ccccc3Cl)c2C)cc1. The lowest BCUT2D eigenvalue weighted by molar-refractivity contribution is -0.119. The van der Waals surface area contributed by atoms with Crippen molar-refractivity contribution in [2.45, 2.75) is 25.9 Å². The van der Waals surface area contributed by atoms with E-state index in [2.05, 4.69) is 45.0 Å². The lowest BCUT2D eigenvalue weighted by Crippen LogP contribution is -2.29. The molecule has 0 saturated carbocycles. The molecule has 4 aromatic rings. The van der Waals surface area contributed by atoms with Gasteiger partial charge in [-0.05, 0) is 86.2 Å². The molecule has 1 aliphatic heterocycles. The van der Waals surface area contributed by atoms with Crippen LogP contribution in [0.5, 0.6) is 0 Å². The number of carbonyl (C=O) groups excluding carboxylic acids is 1. The Morgan fingerprint density at radius 2 is 1.84 bits per heavy atom. The molecule has 5 rings (SSSR count). The summed E-state index contributed by atoms with van der Waals surface area (Å²) in [6.45, 7) is 4.18. The Bertz CT molecular complexity index is 1470. The average Bonchev–Trinajstić information content (AvgIpc) is 3.40. The molecule has 1 fully saturated rings. The van der Waals surface area contributed by atoms with Gasteiger partial charge in [-0.2, -0.15) is 0 Å². The van der Waals surface area contributed by atoms with Crippen LogP contribution in [-0.2, 0) is 9.53 Å². The maximum absolute atomic E-state index is 12.0. The third-order valence-electron chi connectivity index (χ3n) is 6.69. The summed E-state index contributed by atoms with van der Waals surface area (Å²) in [5, 5.41) is 7.63. The van der Waals surface area contributed by atoms with Gasteiger partial charge in [-0.15, -0.1) is 0 Å². The molecule has 194 valence electrons. The molecule has 1 saturated heterocycles. The highest BCUT2D eigenvalue weighted by Crippen LogP contribution is 2.44. The number of hydrogen-bond acceptors (Lipinski definition) is 4. The van der Waals surface area contributed by atoms with Crippen LogP contribution in [0.25, 0.3) is 5.69 Å². The molecule has 1 aliphatic rings. The van der Waals surface area contributed by atoms with E-state index in [-0.39, 0.29) is 24.6 Å². The van der Waals surface area contributed by atoms with Crippen LogP contribution in [0.15, 0.2) is 79.0 Å². The Morgan fingerprint density at radius 3 is 2.53 bits per heavy atom. The molecular formula is C29H28ClN5O2S. The fourth-order valence-corrected chi connectivity index (χ4v) is 5.64. The molecule has 7 nitrogen and oxygen atoms in total. The predicted octanol–water partition coefficient (Wildman–Crippen LogP) is 5.90. The summed E-state index contributed by atoms with van der Waals surface area (Å²) in [5.41, 5.74) is 6.67. The summed E-state index contributed by atoms with van der Waals surface area (Å²) >= 11 is 12.5. The number of carbonyl (C=O) groups is 1. The molecule has 2 atom stereocenters. The monoisotopic (exact) mass is 545 g/mol. The molecule has 0 radical (unpaired) electrons. The van der Waals surface area contributed by atoms with Crippen molar-refractivity contribution in [1.29, 1.82) is 0 Å². The topological polar surface area (TPSA) is 71.4 Å². The van der Waals surface area contributed by atoms with Gasteiger partial charge in [0, 0.05) is 36.1 Å². The van der Waals surface area contributed by atoms with E-state index in [1.165, 1.54) is 7.11 Å². The zero-order valence-electron chi connectivity index (χ0n) is 21.3. The van der Waals surface area contributed by atoms with Crippen molar-refractivity contribution in [2.75, 3.05) is 23.9 Å². The van der Waals surface area contributed by atoms with E-state index in [0.29, 0.717) is 15.8 Å². The molecular weight excluding hydrogens is 518 g/mol. The standard InChI is InChI=1S/C29H28ClN5O2S/c1-18-16-22(19(2)34(18)25-10-5-4-8-23(25)30)28-27(24-9-6-7-15-31-24)33-29(38)35(28)21-13-11-20(12-14-21)32-26(36)17-37-3/h4-16,27-28H,17H2,1-3H3,(H,32,36)(H,33,38)/t27-,28-/m0/s1. The molecule has 0 bridgehead atoms. The number of pyridine rings is 1. The van der Waals surface area contributed by atoms with E-state index in [4.69, 9.17) is 28.6 Å². The van der Waals surface area contributed by atoms with Gasteiger partial charge in [0.1, 0.15) is 6.61 Å². The van der Waals surface area contributed by atoms with Gasteiger partial charge in [0.15, 0.2) is 5.11 Å². The van der Waals surface area contributed by atoms with E-state index in [1.54, 1.807) is 6.20 Å². The van der Waals surface area contributed by atoms with E-state index in [1.807, 2.05) is 66.7 Å². The van der Waals surface area contributed by atoms with Crippen LogP contribution in [0.4, 0.5) is 11.4 Å². The van der Waals surface area contributed by atoms with Crippen molar-refractivity contribution in [3.63, 3.8) is 0 Å². The minimum Gasteiger partial charge on any atom is -0.375 e. The second-order valence-corrected chi connectivity index (χ2v) is 9.93. The molecule has 38 heavy (non-hydrogen) atoms. The predicted molar refractivity (Wildman–Crippen MR) is 155 cm³/mol. The Hall–Kier alpha value is -3.72. The first-order valence-electron chi connectivity index (χ1n) is 12.2. The summed E-state index contributed by atoms with van der Waals surface area (Å²) in [6.07, 6.45) is 1.80. The van der Waals surface area contributed by atoms with E-state index >= 15 is 0 Å². The lowest BCUT2D eigenvalue weighted by Gasteiger charge is -2.28. The highest BCUT2D eigenvalue weighted by atomic mass is 35.5. The summed E-state index contributed by atoms with van der Waals surface area (Å²) in [7, 11) is 1.49. The van der Waals surface area contributed by atoms with Gasteiger partial charge in [-0.25, -0.2) is 0 Å². The number of rotatable bonds is 7. The van der Waals surface area contributed by atoms with Gasteiger partial charge in [0.2, 0.25) is 5.91 Å². The second-order valence-electron chi connectivity index (χ2n) is 9.14. The zero-order chi connectivity index (χ0) is 26.8. The van der Waals surface area contributed by atoms with Crippen LogP contribution in [0.1, 0.15) is 34.7 Å². The second kappa shape index (κ2) is 10.9. The van der Waals surface area contributed by atoms with Gasteiger partial charge in [-0.1, -0.05) is 29.8 Å². The van der Waals surface area contributed by atoms with Crippen LogP contribution in [0, 0.1) is 13.8 Å². The fraction of sp³-hybridized carbons (Fsp3) is 0.207. The molecule has 2 aromatic heterocycles. The van der Waals surface area contributed by atoms with Crippen molar-refractivity contribution in [3.05, 3.63) is 107 Å². The van der Waals surface area contributed by atoms with Crippen molar-refractivity contribution in [3.8, 4) is 5.69 Å². The van der Waals surface area contributed by atoms with Crippen molar-refractivity contribution in [1.82, 2.24) is 14.9 Å². The number of nitrogens with zero attached hydrogens (tertiary/aromatic N) is 3. The summed E-state index contributed by atoms with van der Waals surface area (Å²) in [5.74, 6) is -0.210. The van der Waals surface area contributed by atoms with Crippen molar-refractivity contribution in [2.24, 2.45) is 0 Å². The fourth-order valence-electron chi connectivity index (χ4n) is 5.07. The number of benzene rings is 2. The first-order chi connectivity index (χ1) is 18.4. The van der Waals surface area contributed by atoms with E-state index in [9.17, 15) is 4.79 Å². The quantitative estimate of drug-likeness (QED) is 0.282. The van der Waals surface area contributed by atoms with Crippen molar-refractivity contribution >= 4 is 46.2 Å². The molecule has 2 N–H and O–H groups in total. The Morgan fingerprint density at radius 1 is 1.11 bits per heavy atom. The highest BCUT2D eigenvalue weighted by Gasteiger charge is 2.42. The smallest absolute Gasteiger partial charge is 0.250 e. The van der Waals surface area contributed by atoms with Gasteiger partial charge < -0.3 is 24.8 Å². The van der Waals surface area contributed by atoms with Crippen LogP contribution in [0.3, 0.4) is 0 Å². The van der Waals surface area contributed by atoms with Gasteiger partial charge in [-0.3, -0.25) is 9.78 Å². The highest BCUT2D eigenvalue weighted by molar-refractivity contribution is 7.80.